The molecule has 0 spiro atoms. The van der Waals surface area contributed by atoms with Gasteiger partial charge in [0, 0.05) is 56.3 Å². The molecule has 5 rings (SSSR count). The first kappa shape index (κ1) is 24.3. The van der Waals surface area contributed by atoms with Crippen molar-refractivity contribution in [3.8, 4) is 0 Å². The quantitative estimate of drug-likeness (QED) is 0.676. The fourth-order valence-electron chi connectivity index (χ4n) is 5.80. The van der Waals surface area contributed by atoms with Gasteiger partial charge in [-0.3, -0.25) is 14.6 Å². The molecule has 1 N–H and O–H groups in total. The maximum absolute atomic E-state index is 13.0. The minimum absolute atomic E-state index is 0.0808. The third-order valence-corrected chi connectivity index (χ3v) is 8.34. The fraction of sp³-hybridized carbons (Fsp3) is 0.667. The number of hydrogen-bond donors (Lipinski definition) is 1. The number of carbonyl (C=O) groups is 2. The number of piperidine rings is 2. The Hall–Kier alpha value is -2.45. The van der Waals surface area contributed by atoms with Gasteiger partial charge >= 0.3 is 0 Å². The van der Waals surface area contributed by atoms with E-state index in [0.717, 1.165) is 50.9 Å². The molecule has 3 aliphatic heterocycles. The molecular weight excluding hydrogens is 442 g/mol. The van der Waals surface area contributed by atoms with Crippen LogP contribution in [0, 0.1) is 5.92 Å². The minimum Gasteiger partial charge on any atom is -0.390 e. The van der Waals surface area contributed by atoms with Gasteiger partial charge in [-0.15, -0.1) is 0 Å². The summed E-state index contributed by atoms with van der Waals surface area (Å²) in [5.74, 6) is 0.603. The molecule has 3 heterocycles. The van der Waals surface area contributed by atoms with Crippen molar-refractivity contribution in [1.82, 2.24) is 14.7 Å². The Morgan fingerprint density at radius 1 is 1.00 bits per heavy atom. The number of anilines is 1. The summed E-state index contributed by atoms with van der Waals surface area (Å²) in [4.78, 5) is 31.5. The van der Waals surface area contributed by atoms with Crippen molar-refractivity contribution in [1.29, 1.82) is 0 Å². The summed E-state index contributed by atoms with van der Waals surface area (Å²) in [6.45, 7) is 2.87. The number of likely N-dealkylation sites (tertiary alicyclic amines) is 2. The van der Waals surface area contributed by atoms with Crippen LogP contribution in [-0.2, 0) is 4.79 Å². The van der Waals surface area contributed by atoms with E-state index < -0.39 is 5.60 Å². The molecule has 1 aromatic rings. The standard InChI is InChI=1S/C27H39N5O3/c1-29(2)22-10-15-30(16-11-22)25(33)21-5-7-23(8-6-21)32-24(9-14-28-32)19-27(35)12-17-31(18-13-27)26(34)20-3-4-20/h5-8,14,20,22,24,35H,3-4,9-13,15-19H2,1-2H3. The van der Waals surface area contributed by atoms with E-state index in [1.165, 1.54) is 0 Å². The zero-order valence-electron chi connectivity index (χ0n) is 21.1. The number of aliphatic hydroxyl groups is 1. The summed E-state index contributed by atoms with van der Waals surface area (Å²) < 4.78 is 0. The maximum atomic E-state index is 13.0. The van der Waals surface area contributed by atoms with Crippen LogP contribution in [0.1, 0.15) is 61.7 Å². The van der Waals surface area contributed by atoms with Crippen LogP contribution in [0.5, 0.6) is 0 Å². The minimum atomic E-state index is -0.772. The number of hydrazone groups is 1. The Morgan fingerprint density at radius 3 is 2.26 bits per heavy atom. The lowest BCUT2D eigenvalue weighted by Gasteiger charge is -2.40. The van der Waals surface area contributed by atoms with Crippen molar-refractivity contribution >= 4 is 23.7 Å². The molecule has 8 heteroatoms. The fourth-order valence-corrected chi connectivity index (χ4v) is 5.80. The van der Waals surface area contributed by atoms with Gasteiger partial charge < -0.3 is 19.8 Å². The van der Waals surface area contributed by atoms with Gasteiger partial charge in [0.2, 0.25) is 5.91 Å². The second kappa shape index (κ2) is 9.90. The molecule has 4 aliphatic rings. The zero-order valence-corrected chi connectivity index (χ0v) is 21.1. The summed E-state index contributed by atoms with van der Waals surface area (Å²) in [6.07, 6.45) is 8.62. The Morgan fingerprint density at radius 2 is 1.66 bits per heavy atom. The average Bonchev–Trinajstić information content (AvgIpc) is 3.63. The summed E-state index contributed by atoms with van der Waals surface area (Å²) in [5, 5.41) is 17.9. The predicted molar refractivity (Wildman–Crippen MR) is 137 cm³/mol. The zero-order chi connectivity index (χ0) is 24.6. The predicted octanol–water partition coefficient (Wildman–Crippen LogP) is 2.57. The number of amides is 2. The van der Waals surface area contributed by atoms with Crippen LogP contribution in [0.15, 0.2) is 29.4 Å². The van der Waals surface area contributed by atoms with Gasteiger partial charge in [-0.2, -0.15) is 5.10 Å². The molecule has 1 aliphatic carbocycles. The van der Waals surface area contributed by atoms with E-state index in [9.17, 15) is 14.7 Å². The van der Waals surface area contributed by atoms with Crippen LogP contribution < -0.4 is 5.01 Å². The lowest BCUT2D eigenvalue weighted by molar-refractivity contribution is -0.137. The topological polar surface area (TPSA) is 79.7 Å². The summed E-state index contributed by atoms with van der Waals surface area (Å²) >= 11 is 0. The molecule has 190 valence electrons. The molecule has 1 unspecified atom stereocenters. The molecular formula is C27H39N5O3. The van der Waals surface area contributed by atoms with Gasteiger partial charge in [0.1, 0.15) is 0 Å². The number of carbonyl (C=O) groups excluding carboxylic acids is 2. The van der Waals surface area contributed by atoms with Gasteiger partial charge in [0.15, 0.2) is 0 Å². The van der Waals surface area contributed by atoms with Crippen LogP contribution >= 0.6 is 0 Å². The summed E-state index contributed by atoms with van der Waals surface area (Å²) in [5.41, 5.74) is 0.880. The van der Waals surface area contributed by atoms with E-state index in [-0.39, 0.29) is 23.8 Å². The highest BCUT2D eigenvalue weighted by atomic mass is 16.3. The molecule has 1 aromatic carbocycles. The van der Waals surface area contributed by atoms with Crippen LogP contribution in [0.3, 0.4) is 0 Å². The first-order chi connectivity index (χ1) is 16.8. The van der Waals surface area contributed by atoms with Crippen LogP contribution in [0.4, 0.5) is 5.69 Å². The van der Waals surface area contributed by atoms with Gasteiger partial charge in [-0.25, -0.2) is 0 Å². The van der Waals surface area contributed by atoms with Gasteiger partial charge in [0.05, 0.1) is 17.3 Å². The number of rotatable bonds is 6. The molecule has 3 fully saturated rings. The van der Waals surface area contributed by atoms with Gasteiger partial charge in [0.25, 0.3) is 5.91 Å². The highest BCUT2D eigenvalue weighted by Crippen LogP contribution is 2.36. The Kier molecular flexibility index (Phi) is 6.86. The van der Waals surface area contributed by atoms with E-state index in [4.69, 9.17) is 0 Å². The Balaban J connectivity index is 1.16. The number of hydrogen-bond acceptors (Lipinski definition) is 6. The smallest absolute Gasteiger partial charge is 0.253 e. The summed E-state index contributed by atoms with van der Waals surface area (Å²) in [6, 6.07) is 8.37. The molecule has 2 saturated heterocycles. The monoisotopic (exact) mass is 481 g/mol. The molecule has 8 nitrogen and oxygen atoms in total. The van der Waals surface area contributed by atoms with Crippen molar-refractivity contribution in [3.05, 3.63) is 29.8 Å². The normalized spacial score (nSPS) is 24.9. The van der Waals surface area contributed by atoms with E-state index in [0.29, 0.717) is 44.0 Å². The third-order valence-electron chi connectivity index (χ3n) is 8.34. The lowest BCUT2D eigenvalue weighted by Crippen LogP contribution is -2.49. The van der Waals surface area contributed by atoms with Crippen molar-refractivity contribution in [2.45, 2.75) is 69.1 Å². The second-order valence-electron chi connectivity index (χ2n) is 11.1. The molecule has 0 bridgehead atoms. The van der Waals surface area contributed by atoms with Crippen molar-refractivity contribution in [3.63, 3.8) is 0 Å². The van der Waals surface area contributed by atoms with Gasteiger partial charge in [-0.1, -0.05) is 0 Å². The van der Waals surface area contributed by atoms with E-state index >= 15 is 0 Å². The van der Waals surface area contributed by atoms with Crippen molar-refractivity contribution in [2.75, 3.05) is 45.3 Å². The Bertz CT molecular complexity index is 942. The first-order valence-electron chi connectivity index (χ1n) is 13.2. The molecule has 1 saturated carbocycles. The van der Waals surface area contributed by atoms with Crippen molar-refractivity contribution < 1.29 is 14.7 Å². The molecule has 35 heavy (non-hydrogen) atoms. The average molecular weight is 482 g/mol. The van der Waals surface area contributed by atoms with Crippen LogP contribution in [0.2, 0.25) is 0 Å². The van der Waals surface area contributed by atoms with Crippen LogP contribution in [-0.4, -0.2) is 95.8 Å². The third kappa shape index (κ3) is 5.38. The van der Waals surface area contributed by atoms with Gasteiger partial charge in [-0.05, 0) is 83.3 Å². The van der Waals surface area contributed by atoms with E-state index in [1.807, 2.05) is 45.3 Å². The Labute approximate surface area is 208 Å². The molecule has 1 atom stereocenters. The molecule has 2 amide bonds. The maximum Gasteiger partial charge on any atom is 0.253 e. The molecule has 0 aromatic heterocycles. The van der Waals surface area contributed by atoms with Crippen molar-refractivity contribution in [2.24, 2.45) is 11.0 Å². The molecule has 0 radical (unpaired) electrons. The largest absolute Gasteiger partial charge is 0.390 e. The highest BCUT2D eigenvalue weighted by Gasteiger charge is 2.41. The lowest BCUT2D eigenvalue weighted by atomic mass is 9.84. The second-order valence-corrected chi connectivity index (χ2v) is 11.1. The first-order valence-corrected chi connectivity index (χ1v) is 13.2. The number of benzene rings is 1. The number of nitrogens with zero attached hydrogens (tertiary/aromatic N) is 5. The summed E-state index contributed by atoms with van der Waals surface area (Å²) in [7, 11) is 4.21. The highest BCUT2D eigenvalue weighted by molar-refractivity contribution is 5.94. The van der Waals surface area contributed by atoms with Crippen LogP contribution in [0.25, 0.3) is 0 Å². The SMILES string of the molecule is CN(C)C1CCN(C(=O)c2ccc(N3N=CCC3CC3(O)CCN(C(=O)C4CC4)CC3)cc2)CC1. The van der Waals surface area contributed by atoms with E-state index in [1.54, 1.807) is 0 Å². The van der Waals surface area contributed by atoms with E-state index in [2.05, 4.69) is 24.1 Å².